The van der Waals surface area contributed by atoms with Gasteiger partial charge in [0.25, 0.3) is 5.56 Å². The molecule has 0 amide bonds. The van der Waals surface area contributed by atoms with Crippen molar-refractivity contribution in [3.05, 3.63) is 75.0 Å². The van der Waals surface area contributed by atoms with Crippen LogP contribution in [-0.4, -0.2) is 14.1 Å². The highest BCUT2D eigenvalue weighted by atomic mass is 35.5. The first kappa shape index (κ1) is 21.6. The lowest BCUT2D eigenvalue weighted by atomic mass is 10.1. The molecule has 0 bridgehead atoms. The molecule has 9 heteroatoms. The van der Waals surface area contributed by atoms with Crippen molar-refractivity contribution in [3.8, 4) is 23.5 Å². The van der Waals surface area contributed by atoms with Crippen LogP contribution in [0, 0.1) is 22.7 Å². The molecular weight excluding hydrogens is 425 g/mol. The zero-order valence-electron chi connectivity index (χ0n) is 16.3. The topological polar surface area (TPSA) is 96.6 Å². The molecule has 0 atom stereocenters. The Bertz CT molecular complexity index is 1210. The van der Waals surface area contributed by atoms with E-state index < -0.39 is 10.4 Å². The van der Waals surface area contributed by atoms with Gasteiger partial charge in [-0.1, -0.05) is 23.2 Å². The summed E-state index contributed by atoms with van der Waals surface area (Å²) in [6.07, 6.45) is 1.71. The Labute approximate surface area is 183 Å². The molecule has 0 unspecified atom stereocenters. The number of hydrogen-bond donors (Lipinski definition) is 0. The van der Waals surface area contributed by atoms with E-state index in [0.29, 0.717) is 16.8 Å². The molecule has 0 fully saturated rings. The minimum absolute atomic E-state index is 0.0266. The minimum atomic E-state index is -0.901. The van der Waals surface area contributed by atoms with Gasteiger partial charge in [0.2, 0.25) is 0 Å². The lowest BCUT2D eigenvalue weighted by Crippen LogP contribution is -2.25. The molecule has 2 heterocycles. The maximum Gasteiger partial charge on any atom is 0.268 e. The molecule has 0 radical (unpaired) electrons. The monoisotopic (exact) mass is 441 g/mol. The third-order valence-electron chi connectivity index (χ3n) is 4.77. The van der Waals surface area contributed by atoms with Gasteiger partial charge >= 0.3 is 0 Å². The van der Waals surface area contributed by atoms with Gasteiger partial charge in [0.05, 0.1) is 42.4 Å². The molecular formula is C21H17Cl2N5O2. The summed E-state index contributed by atoms with van der Waals surface area (Å²) in [7, 11) is 3.42. The average molecular weight is 442 g/mol. The number of halogens is 2. The highest BCUT2D eigenvalue weighted by Gasteiger charge is 2.18. The van der Waals surface area contributed by atoms with Crippen LogP contribution >= 0.6 is 23.2 Å². The van der Waals surface area contributed by atoms with E-state index in [-0.39, 0.29) is 18.8 Å². The summed E-state index contributed by atoms with van der Waals surface area (Å²) in [6.45, 7) is 0.322. The molecule has 0 aliphatic rings. The normalized spacial score (nSPS) is 10.8. The fraction of sp³-hybridized carbons (Fsp3) is 0.238. The summed E-state index contributed by atoms with van der Waals surface area (Å²) in [4.78, 5) is 15.8. The molecule has 1 aromatic carbocycles. The van der Waals surface area contributed by atoms with Crippen LogP contribution < -0.4 is 5.56 Å². The highest BCUT2D eigenvalue weighted by Crippen LogP contribution is 2.28. The van der Waals surface area contributed by atoms with Crippen molar-refractivity contribution in [1.82, 2.24) is 14.1 Å². The van der Waals surface area contributed by atoms with Crippen molar-refractivity contribution in [3.63, 3.8) is 0 Å². The summed E-state index contributed by atoms with van der Waals surface area (Å²) in [6, 6.07) is 12.5. The fourth-order valence-corrected chi connectivity index (χ4v) is 3.42. The molecule has 0 N–H and O–H groups in total. The van der Waals surface area contributed by atoms with Crippen molar-refractivity contribution in [2.24, 2.45) is 14.1 Å². The number of nitrogens with zero attached hydrogens (tertiary/aromatic N) is 5. The first-order chi connectivity index (χ1) is 14.4. The SMILES string of the molecule is Cn1c(COCc2c(C(Cl)Cl)cc(C#N)c(=O)n2C)cnc1-c1ccc(C#N)cc1. The van der Waals surface area contributed by atoms with Gasteiger partial charge in [0.15, 0.2) is 0 Å². The Morgan fingerprint density at radius 2 is 1.80 bits per heavy atom. The standard InChI is InChI=1S/C21H17Cl2N5O2/c1-27-16(10-26-20(27)14-5-3-13(8-24)4-6-14)11-30-12-18-17(19(22)23)7-15(9-25)21(29)28(18)2/h3-7,10,19H,11-12H2,1-2H3. The first-order valence-electron chi connectivity index (χ1n) is 8.87. The number of benzene rings is 1. The molecule has 3 aromatic rings. The van der Waals surface area contributed by atoms with E-state index >= 15 is 0 Å². The Morgan fingerprint density at radius 3 is 2.40 bits per heavy atom. The molecule has 30 heavy (non-hydrogen) atoms. The molecule has 2 aromatic heterocycles. The molecule has 0 aliphatic heterocycles. The number of rotatable bonds is 6. The van der Waals surface area contributed by atoms with Crippen molar-refractivity contribution < 1.29 is 4.74 Å². The fourth-order valence-electron chi connectivity index (χ4n) is 3.04. The van der Waals surface area contributed by atoms with Gasteiger partial charge in [-0.2, -0.15) is 10.5 Å². The number of nitriles is 2. The number of pyridine rings is 1. The zero-order valence-corrected chi connectivity index (χ0v) is 17.8. The van der Waals surface area contributed by atoms with Gasteiger partial charge < -0.3 is 13.9 Å². The quantitative estimate of drug-likeness (QED) is 0.542. The summed E-state index contributed by atoms with van der Waals surface area (Å²) >= 11 is 12.1. The Kier molecular flexibility index (Phi) is 6.59. The minimum Gasteiger partial charge on any atom is -0.369 e. The summed E-state index contributed by atoms with van der Waals surface area (Å²) < 4.78 is 9.03. The van der Waals surface area contributed by atoms with Crippen molar-refractivity contribution in [1.29, 1.82) is 10.5 Å². The van der Waals surface area contributed by atoms with E-state index in [9.17, 15) is 4.79 Å². The van der Waals surface area contributed by atoms with Crippen LogP contribution in [0.25, 0.3) is 11.4 Å². The lowest BCUT2D eigenvalue weighted by Gasteiger charge is -2.16. The van der Waals surface area contributed by atoms with E-state index in [2.05, 4.69) is 11.1 Å². The predicted octanol–water partition coefficient (Wildman–Crippen LogP) is 3.72. The van der Waals surface area contributed by atoms with Crippen LogP contribution in [0.1, 0.15) is 32.9 Å². The molecule has 0 saturated carbocycles. The van der Waals surface area contributed by atoms with Gasteiger partial charge in [-0.3, -0.25) is 4.79 Å². The predicted molar refractivity (Wildman–Crippen MR) is 113 cm³/mol. The number of ether oxygens (including phenoxy) is 1. The van der Waals surface area contributed by atoms with Crippen LogP contribution in [0.3, 0.4) is 0 Å². The number of hydrogen-bond acceptors (Lipinski definition) is 5. The van der Waals surface area contributed by atoms with Crippen LogP contribution in [-0.2, 0) is 32.0 Å². The number of aromatic nitrogens is 3. The Balaban J connectivity index is 1.79. The van der Waals surface area contributed by atoms with Gasteiger partial charge in [0.1, 0.15) is 22.3 Å². The second-order valence-electron chi connectivity index (χ2n) is 6.55. The summed E-state index contributed by atoms with van der Waals surface area (Å²) in [5.74, 6) is 0.742. The van der Waals surface area contributed by atoms with Crippen LogP contribution in [0.2, 0.25) is 0 Å². The summed E-state index contributed by atoms with van der Waals surface area (Å²) in [5.41, 5.74) is 2.79. The van der Waals surface area contributed by atoms with E-state index in [1.54, 1.807) is 25.4 Å². The van der Waals surface area contributed by atoms with Crippen molar-refractivity contribution in [2.45, 2.75) is 18.1 Å². The van der Waals surface area contributed by atoms with E-state index in [4.69, 9.17) is 38.5 Å². The van der Waals surface area contributed by atoms with Crippen LogP contribution in [0.15, 0.2) is 41.3 Å². The second-order valence-corrected chi connectivity index (χ2v) is 7.65. The second kappa shape index (κ2) is 9.15. The largest absolute Gasteiger partial charge is 0.369 e. The summed E-state index contributed by atoms with van der Waals surface area (Å²) in [5, 5.41) is 18.0. The first-order valence-corrected chi connectivity index (χ1v) is 9.74. The van der Waals surface area contributed by atoms with Crippen LogP contribution in [0.5, 0.6) is 0 Å². The van der Waals surface area contributed by atoms with Gasteiger partial charge in [-0.25, -0.2) is 4.98 Å². The zero-order chi connectivity index (χ0) is 21.8. The van der Waals surface area contributed by atoms with Crippen molar-refractivity contribution >= 4 is 23.2 Å². The van der Waals surface area contributed by atoms with Gasteiger partial charge in [-0.05, 0) is 30.3 Å². The molecule has 3 rings (SSSR count). The number of alkyl halides is 2. The smallest absolute Gasteiger partial charge is 0.268 e. The van der Waals surface area contributed by atoms with Gasteiger partial charge in [-0.15, -0.1) is 0 Å². The third kappa shape index (κ3) is 4.24. The average Bonchev–Trinajstić information content (AvgIpc) is 3.11. The lowest BCUT2D eigenvalue weighted by molar-refractivity contribution is 0.0974. The van der Waals surface area contributed by atoms with Crippen molar-refractivity contribution in [2.75, 3.05) is 0 Å². The molecule has 0 spiro atoms. The molecule has 7 nitrogen and oxygen atoms in total. The third-order valence-corrected chi connectivity index (χ3v) is 5.24. The Morgan fingerprint density at radius 1 is 1.10 bits per heavy atom. The van der Waals surface area contributed by atoms with Crippen LogP contribution in [0.4, 0.5) is 0 Å². The highest BCUT2D eigenvalue weighted by molar-refractivity contribution is 6.44. The maximum atomic E-state index is 12.3. The van der Waals surface area contributed by atoms with Gasteiger partial charge in [0, 0.05) is 25.2 Å². The number of imidazole rings is 1. The molecule has 0 aliphatic carbocycles. The van der Waals surface area contributed by atoms with E-state index in [1.807, 2.05) is 29.8 Å². The van der Waals surface area contributed by atoms with E-state index in [1.165, 1.54) is 10.6 Å². The molecule has 0 saturated heterocycles. The van der Waals surface area contributed by atoms with E-state index in [0.717, 1.165) is 17.1 Å². The maximum absolute atomic E-state index is 12.3. The molecule has 152 valence electrons. The Hall–Kier alpha value is -3.10.